The molecule has 0 atom stereocenters. The molecule has 0 bridgehead atoms. The zero-order valence-electron chi connectivity index (χ0n) is 15.6. The lowest BCUT2D eigenvalue weighted by molar-refractivity contribution is -0.151. The normalized spacial score (nSPS) is 13.5. The van der Waals surface area contributed by atoms with Crippen molar-refractivity contribution >= 4 is 0 Å². The van der Waals surface area contributed by atoms with Crippen LogP contribution in [-0.2, 0) is 0 Å². The summed E-state index contributed by atoms with van der Waals surface area (Å²) in [4.78, 5) is 0. The fourth-order valence-electron chi connectivity index (χ4n) is 3.26. The van der Waals surface area contributed by atoms with Crippen LogP contribution in [0.15, 0.2) is 0 Å². The van der Waals surface area contributed by atoms with Gasteiger partial charge in [-0.05, 0) is 54.4 Å². The molecule has 2 heteroatoms. The fraction of sp³-hybridized carbons (Fsp3) is 1.00. The molecule has 0 aliphatic heterocycles. The van der Waals surface area contributed by atoms with Crippen LogP contribution in [0.2, 0.25) is 0 Å². The van der Waals surface area contributed by atoms with Crippen molar-refractivity contribution in [3.63, 3.8) is 0 Å². The minimum absolute atomic E-state index is 0.177. The minimum Gasteiger partial charge on any atom is -0.241 e. The van der Waals surface area contributed by atoms with Gasteiger partial charge in [0, 0.05) is 24.2 Å². The number of hydrogen-bond donors (Lipinski definition) is 0. The van der Waals surface area contributed by atoms with E-state index in [1.807, 2.05) is 0 Å². The van der Waals surface area contributed by atoms with Crippen molar-refractivity contribution in [1.29, 1.82) is 0 Å². The molecule has 0 aliphatic rings. The Balaban J connectivity index is 4.89. The summed E-state index contributed by atoms with van der Waals surface area (Å²) in [5.41, 5.74) is 0.355. The first-order valence-electron chi connectivity index (χ1n) is 8.69. The molecule has 0 heterocycles. The molecule has 20 heavy (non-hydrogen) atoms. The molecule has 0 rings (SSSR count). The van der Waals surface area contributed by atoms with Crippen LogP contribution in [0.4, 0.5) is 0 Å². The lowest BCUT2D eigenvalue weighted by Gasteiger charge is -2.51. The Labute approximate surface area is 128 Å². The van der Waals surface area contributed by atoms with E-state index < -0.39 is 0 Å². The Kier molecular flexibility index (Phi) is 9.01. The van der Waals surface area contributed by atoms with Gasteiger partial charge in [0.15, 0.2) is 0 Å². The van der Waals surface area contributed by atoms with Crippen molar-refractivity contribution in [2.45, 2.75) is 105 Å². The number of nitrogens with zero attached hydrogens (tertiary/aromatic N) is 2. The monoisotopic (exact) mass is 284 g/mol. The number of unbranched alkanes of at least 4 members (excludes halogenated alkanes) is 4. The standard InChI is InChI=1S/C18H40N2/c1-9-11-13-15-19(16-14-12-10-2)20(17(3,4)5)18(6,7)8/h9-16H2,1-8H3. The third-order valence-electron chi connectivity index (χ3n) is 3.59. The van der Waals surface area contributed by atoms with Crippen molar-refractivity contribution in [2.24, 2.45) is 0 Å². The van der Waals surface area contributed by atoms with Crippen LogP contribution < -0.4 is 0 Å². The quantitative estimate of drug-likeness (QED) is 0.408. The second kappa shape index (κ2) is 9.04. The Hall–Kier alpha value is -0.0800. The van der Waals surface area contributed by atoms with Gasteiger partial charge in [0.25, 0.3) is 0 Å². The zero-order chi connectivity index (χ0) is 15.8. The summed E-state index contributed by atoms with van der Waals surface area (Å²) in [6, 6.07) is 0. The molecule has 0 amide bonds. The van der Waals surface area contributed by atoms with Gasteiger partial charge in [-0.2, -0.15) is 0 Å². The van der Waals surface area contributed by atoms with E-state index in [1.165, 1.54) is 51.6 Å². The lowest BCUT2D eigenvalue weighted by Crippen LogP contribution is -2.61. The first-order valence-corrected chi connectivity index (χ1v) is 8.69. The fourth-order valence-corrected chi connectivity index (χ4v) is 3.26. The van der Waals surface area contributed by atoms with E-state index in [0.29, 0.717) is 0 Å². The molecule has 122 valence electrons. The maximum atomic E-state index is 2.63. The average molecular weight is 285 g/mol. The molecule has 0 aromatic rings. The molecular formula is C18H40N2. The minimum atomic E-state index is 0.177. The van der Waals surface area contributed by atoms with Crippen molar-refractivity contribution in [2.75, 3.05) is 13.1 Å². The number of rotatable bonds is 9. The van der Waals surface area contributed by atoms with Crippen molar-refractivity contribution < 1.29 is 0 Å². The van der Waals surface area contributed by atoms with Crippen LogP contribution in [-0.4, -0.2) is 34.2 Å². The van der Waals surface area contributed by atoms with E-state index in [4.69, 9.17) is 0 Å². The second-order valence-electron chi connectivity index (χ2n) is 8.02. The predicted molar refractivity (Wildman–Crippen MR) is 92.0 cm³/mol. The van der Waals surface area contributed by atoms with Crippen molar-refractivity contribution in [1.82, 2.24) is 10.0 Å². The first-order chi connectivity index (χ1) is 9.14. The van der Waals surface area contributed by atoms with E-state index in [-0.39, 0.29) is 11.1 Å². The highest BCUT2D eigenvalue weighted by molar-refractivity contribution is 4.85. The largest absolute Gasteiger partial charge is 0.241 e. The third-order valence-corrected chi connectivity index (χ3v) is 3.59. The second-order valence-corrected chi connectivity index (χ2v) is 8.02. The van der Waals surface area contributed by atoms with E-state index in [0.717, 1.165) is 0 Å². The van der Waals surface area contributed by atoms with Crippen LogP contribution in [0.1, 0.15) is 93.9 Å². The summed E-state index contributed by atoms with van der Waals surface area (Å²) in [7, 11) is 0. The summed E-state index contributed by atoms with van der Waals surface area (Å²) in [6.45, 7) is 21.0. The van der Waals surface area contributed by atoms with Crippen LogP contribution in [0.3, 0.4) is 0 Å². The molecular weight excluding hydrogens is 244 g/mol. The van der Waals surface area contributed by atoms with Gasteiger partial charge in [-0.15, -0.1) is 0 Å². The molecule has 0 fully saturated rings. The lowest BCUT2D eigenvalue weighted by atomic mass is 9.98. The summed E-state index contributed by atoms with van der Waals surface area (Å²) < 4.78 is 0. The molecule has 0 N–H and O–H groups in total. The summed E-state index contributed by atoms with van der Waals surface area (Å²) in [5.74, 6) is 0. The van der Waals surface area contributed by atoms with Gasteiger partial charge < -0.3 is 0 Å². The van der Waals surface area contributed by atoms with E-state index >= 15 is 0 Å². The molecule has 0 spiro atoms. The SMILES string of the molecule is CCCCCN(CCCCC)N(C(C)(C)C)C(C)(C)C. The van der Waals surface area contributed by atoms with Gasteiger partial charge in [-0.3, -0.25) is 0 Å². The van der Waals surface area contributed by atoms with E-state index in [2.05, 4.69) is 65.4 Å². The maximum Gasteiger partial charge on any atom is 0.0278 e. The average Bonchev–Trinajstić information content (AvgIpc) is 2.25. The van der Waals surface area contributed by atoms with Gasteiger partial charge in [-0.25, -0.2) is 10.0 Å². The molecule has 0 radical (unpaired) electrons. The topological polar surface area (TPSA) is 6.48 Å². The van der Waals surface area contributed by atoms with E-state index in [9.17, 15) is 0 Å². The highest BCUT2D eigenvalue weighted by atomic mass is 15.7. The van der Waals surface area contributed by atoms with Gasteiger partial charge in [0.2, 0.25) is 0 Å². The summed E-state index contributed by atoms with van der Waals surface area (Å²) in [5, 5.41) is 5.25. The smallest absolute Gasteiger partial charge is 0.0278 e. The number of hydrazine groups is 1. The molecule has 2 nitrogen and oxygen atoms in total. The first kappa shape index (κ1) is 19.9. The molecule has 0 aromatic heterocycles. The predicted octanol–water partition coefficient (Wildman–Crippen LogP) is 5.48. The Morgan fingerprint density at radius 2 is 0.950 bits per heavy atom. The van der Waals surface area contributed by atoms with Crippen LogP contribution >= 0.6 is 0 Å². The van der Waals surface area contributed by atoms with Crippen molar-refractivity contribution in [3.05, 3.63) is 0 Å². The van der Waals surface area contributed by atoms with Crippen LogP contribution in [0, 0.1) is 0 Å². The van der Waals surface area contributed by atoms with Gasteiger partial charge in [-0.1, -0.05) is 39.5 Å². The maximum absolute atomic E-state index is 2.63. The van der Waals surface area contributed by atoms with Crippen LogP contribution in [0.25, 0.3) is 0 Å². The van der Waals surface area contributed by atoms with Gasteiger partial charge in [0.1, 0.15) is 0 Å². The summed E-state index contributed by atoms with van der Waals surface area (Å²) >= 11 is 0. The van der Waals surface area contributed by atoms with Gasteiger partial charge in [0.05, 0.1) is 0 Å². The Morgan fingerprint density at radius 1 is 0.600 bits per heavy atom. The molecule has 0 unspecified atom stereocenters. The van der Waals surface area contributed by atoms with E-state index in [1.54, 1.807) is 0 Å². The Bertz CT molecular complexity index is 211. The highest BCUT2D eigenvalue weighted by Gasteiger charge is 2.35. The molecule has 0 aromatic carbocycles. The molecule has 0 saturated carbocycles. The van der Waals surface area contributed by atoms with Gasteiger partial charge >= 0.3 is 0 Å². The molecule has 0 saturated heterocycles. The zero-order valence-corrected chi connectivity index (χ0v) is 15.6. The van der Waals surface area contributed by atoms with Crippen molar-refractivity contribution in [3.8, 4) is 0 Å². The molecule has 0 aliphatic carbocycles. The third kappa shape index (κ3) is 7.64. The Morgan fingerprint density at radius 3 is 1.20 bits per heavy atom. The van der Waals surface area contributed by atoms with Crippen LogP contribution in [0.5, 0.6) is 0 Å². The summed E-state index contributed by atoms with van der Waals surface area (Å²) in [6.07, 6.45) is 7.90. The number of hydrogen-bond acceptors (Lipinski definition) is 2. The highest BCUT2D eigenvalue weighted by Crippen LogP contribution is 2.27.